The first-order valence-electron chi connectivity index (χ1n) is 17.8. The Bertz CT molecular complexity index is 1750. The SMILES string of the molecule is COc1ccc(C=CC(=O)O[C@H]2[C@H](O[C@@](C)(CC(=O)O)CC(=O)OCC=Cc3cc(O)c(O[C@@H]4O[C@H](CO)[C@@H](O)[C@H](O)[C@H]4O)c(OC)c3)O[C@H](CO)[C@@H](O)[C@@H]2O)cc1. The van der Waals surface area contributed by atoms with Crippen molar-refractivity contribution in [2.75, 3.05) is 34.0 Å². The van der Waals surface area contributed by atoms with Gasteiger partial charge in [-0.2, -0.15) is 0 Å². The quantitative estimate of drug-likeness (QED) is 0.0633. The van der Waals surface area contributed by atoms with Gasteiger partial charge in [-0.05, 0) is 54.5 Å². The molecule has 2 heterocycles. The van der Waals surface area contributed by atoms with E-state index in [4.69, 9.17) is 37.9 Å². The van der Waals surface area contributed by atoms with Gasteiger partial charge < -0.3 is 83.9 Å². The van der Waals surface area contributed by atoms with Crippen molar-refractivity contribution in [3.8, 4) is 23.0 Å². The number of esters is 2. The zero-order chi connectivity index (χ0) is 42.7. The number of phenolic OH excluding ortho intramolecular Hbond substituents is 1. The molecule has 4 rings (SSSR count). The molecule has 0 aromatic heterocycles. The molecule has 58 heavy (non-hydrogen) atoms. The minimum Gasteiger partial charge on any atom is -0.504 e. The van der Waals surface area contributed by atoms with Crippen LogP contribution < -0.4 is 14.2 Å². The van der Waals surface area contributed by atoms with Gasteiger partial charge in [0.05, 0.1) is 45.9 Å². The first-order chi connectivity index (χ1) is 27.5. The number of aliphatic hydroxyl groups excluding tert-OH is 7. The summed E-state index contributed by atoms with van der Waals surface area (Å²) < 4.78 is 43.3. The Morgan fingerprint density at radius 1 is 0.793 bits per heavy atom. The topological polar surface area (TPSA) is 307 Å². The van der Waals surface area contributed by atoms with Gasteiger partial charge in [0.2, 0.25) is 12.0 Å². The Hall–Kier alpha value is -4.87. The predicted octanol–water partition coefficient (Wildman–Crippen LogP) is -1.15. The highest BCUT2D eigenvalue weighted by molar-refractivity contribution is 5.87. The molecule has 2 aromatic rings. The van der Waals surface area contributed by atoms with Crippen molar-refractivity contribution in [3.05, 3.63) is 59.7 Å². The van der Waals surface area contributed by atoms with Crippen molar-refractivity contribution in [1.82, 2.24) is 0 Å². The number of benzene rings is 2. The van der Waals surface area contributed by atoms with Gasteiger partial charge in [0.25, 0.3) is 0 Å². The van der Waals surface area contributed by atoms with E-state index in [-0.39, 0.29) is 18.1 Å². The number of ether oxygens (including phenoxy) is 8. The lowest BCUT2D eigenvalue weighted by Crippen LogP contribution is -2.62. The molecule has 2 fully saturated rings. The van der Waals surface area contributed by atoms with Crippen molar-refractivity contribution in [3.63, 3.8) is 0 Å². The van der Waals surface area contributed by atoms with Gasteiger partial charge >= 0.3 is 17.9 Å². The zero-order valence-electron chi connectivity index (χ0n) is 31.6. The fourth-order valence-corrected chi connectivity index (χ4v) is 6.01. The summed E-state index contributed by atoms with van der Waals surface area (Å²) in [7, 11) is 2.74. The maximum Gasteiger partial charge on any atom is 0.331 e. The standard InChI is InChI=1S/C38H48O20/c1-38(15-26(42)43,58-37-35(32(49)30(47)25(18-40)55-37)56-27(44)11-8-19-6-9-21(51-2)10-7-19)16-28(45)53-12-4-5-20-13-22(41)34(23(14-20)52-3)57-36-33(50)31(48)29(46)24(17-39)54-36/h4-11,13-14,24-25,29-33,35-37,39-41,46-50H,12,15-18H2,1-3H3,(H,42,43)/t24-,25-,29-,30-,31+,32+,33-,35-,36+,37+,38+/m1/s1. The smallest absolute Gasteiger partial charge is 0.331 e. The van der Waals surface area contributed by atoms with E-state index in [1.54, 1.807) is 24.3 Å². The maximum absolute atomic E-state index is 13.0. The molecule has 20 heteroatoms. The lowest BCUT2D eigenvalue weighted by atomic mass is 9.95. The lowest BCUT2D eigenvalue weighted by molar-refractivity contribution is -0.326. The van der Waals surface area contributed by atoms with Crippen molar-refractivity contribution < 1.29 is 98.2 Å². The van der Waals surface area contributed by atoms with E-state index in [1.807, 2.05) is 0 Å². The van der Waals surface area contributed by atoms with Crippen LogP contribution in [0.15, 0.2) is 48.6 Å². The van der Waals surface area contributed by atoms with E-state index in [0.717, 1.165) is 6.08 Å². The van der Waals surface area contributed by atoms with Crippen LogP contribution in [0.5, 0.6) is 23.0 Å². The highest BCUT2D eigenvalue weighted by Gasteiger charge is 2.50. The summed E-state index contributed by atoms with van der Waals surface area (Å²) in [6, 6.07) is 9.22. The molecule has 0 spiro atoms. The number of hydrogen-bond donors (Lipinski definition) is 9. The molecule has 9 N–H and O–H groups in total. The summed E-state index contributed by atoms with van der Waals surface area (Å²) >= 11 is 0. The first-order valence-corrected chi connectivity index (χ1v) is 17.8. The van der Waals surface area contributed by atoms with Gasteiger partial charge in [-0.1, -0.05) is 18.2 Å². The summed E-state index contributed by atoms with van der Waals surface area (Å²) in [5, 5.41) is 91.3. The average molecular weight is 825 g/mol. The third-order valence-corrected chi connectivity index (χ3v) is 9.06. The monoisotopic (exact) mass is 824 g/mol. The Morgan fingerprint density at radius 2 is 1.43 bits per heavy atom. The molecule has 2 aromatic carbocycles. The number of carboxylic acid groups (broad SMARTS) is 1. The second kappa shape index (κ2) is 20.7. The number of hydrogen-bond acceptors (Lipinski definition) is 19. The number of phenols is 1. The van der Waals surface area contributed by atoms with Crippen molar-refractivity contribution >= 4 is 30.1 Å². The summed E-state index contributed by atoms with van der Waals surface area (Å²) in [6.07, 6.45) is -12.9. The second-order valence-electron chi connectivity index (χ2n) is 13.5. The summed E-state index contributed by atoms with van der Waals surface area (Å²) in [5.41, 5.74) is -1.03. The molecular weight excluding hydrogens is 776 g/mol. The van der Waals surface area contributed by atoms with E-state index in [2.05, 4.69) is 0 Å². The maximum atomic E-state index is 13.0. The van der Waals surface area contributed by atoms with Gasteiger partial charge in [-0.25, -0.2) is 4.79 Å². The number of aliphatic carboxylic acids is 1. The Balaban J connectivity index is 1.42. The normalized spacial score (nSPS) is 28.4. The van der Waals surface area contributed by atoms with E-state index in [9.17, 15) is 60.3 Å². The summed E-state index contributed by atoms with van der Waals surface area (Å²) in [5.74, 6) is -3.65. The molecule has 2 aliphatic rings. The molecule has 0 amide bonds. The van der Waals surface area contributed by atoms with E-state index in [0.29, 0.717) is 16.9 Å². The number of rotatable bonds is 18. The Morgan fingerprint density at radius 3 is 2.03 bits per heavy atom. The number of carbonyl (C=O) groups excluding carboxylic acids is 2. The van der Waals surface area contributed by atoms with Gasteiger partial charge in [0.1, 0.15) is 55.1 Å². The molecule has 2 saturated heterocycles. The minimum absolute atomic E-state index is 0.0570. The molecule has 0 bridgehead atoms. The summed E-state index contributed by atoms with van der Waals surface area (Å²) in [6.45, 7) is -0.644. The van der Waals surface area contributed by atoms with Crippen LogP contribution in [0.3, 0.4) is 0 Å². The minimum atomic E-state index is -1.92. The van der Waals surface area contributed by atoms with Crippen LogP contribution in [-0.4, -0.2) is 165 Å². The van der Waals surface area contributed by atoms with Crippen LogP contribution in [0.4, 0.5) is 0 Å². The second-order valence-corrected chi connectivity index (χ2v) is 13.5. The molecular formula is C38H48O20. The molecule has 0 unspecified atom stereocenters. The highest BCUT2D eigenvalue weighted by Crippen LogP contribution is 2.40. The number of methoxy groups -OCH3 is 2. The van der Waals surface area contributed by atoms with Gasteiger partial charge in [-0.15, -0.1) is 0 Å². The van der Waals surface area contributed by atoms with Crippen LogP contribution in [0.2, 0.25) is 0 Å². The molecule has 20 nitrogen and oxygen atoms in total. The number of carbonyl (C=O) groups is 3. The molecule has 320 valence electrons. The first kappa shape index (κ1) is 45.8. The fraction of sp³-hybridized carbons (Fsp3) is 0.500. The number of aliphatic hydroxyl groups is 7. The predicted molar refractivity (Wildman–Crippen MR) is 195 cm³/mol. The number of carboxylic acids is 1. The molecule has 11 atom stereocenters. The van der Waals surface area contributed by atoms with Gasteiger partial charge in [-0.3, -0.25) is 9.59 Å². The van der Waals surface area contributed by atoms with Crippen molar-refractivity contribution in [2.45, 2.75) is 86.8 Å². The third kappa shape index (κ3) is 11.9. The van der Waals surface area contributed by atoms with Crippen LogP contribution in [0.25, 0.3) is 12.2 Å². The van der Waals surface area contributed by atoms with E-state index >= 15 is 0 Å². The fourth-order valence-electron chi connectivity index (χ4n) is 6.01. The summed E-state index contributed by atoms with van der Waals surface area (Å²) in [4.78, 5) is 37.7. The lowest BCUT2D eigenvalue weighted by Gasteiger charge is -2.44. The zero-order valence-corrected chi connectivity index (χ0v) is 31.6. The van der Waals surface area contributed by atoms with Gasteiger partial charge in [0, 0.05) is 6.08 Å². The van der Waals surface area contributed by atoms with Crippen molar-refractivity contribution in [1.29, 1.82) is 0 Å². The van der Waals surface area contributed by atoms with Crippen LogP contribution in [0.1, 0.15) is 30.9 Å². The molecule has 0 aliphatic carbocycles. The molecule has 0 saturated carbocycles. The number of aromatic hydroxyl groups is 1. The Labute approximate surface area is 331 Å². The van der Waals surface area contributed by atoms with Crippen LogP contribution >= 0.6 is 0 Å². The van der Waals surface area contributed by atoms with E-state index < -0.39 is 117 Å². The largest absolute Gasteiger partial charge is 0.504 e. The van der Waals surface area contributed by atoms with Crippen LogP contribution in [-0.2, 0) is 38.1 Å². The van der Waals surface area contributed by atoms with Gasteiger partial charge in [0.15, 0.2) is 23.9 Å². The van der Waals surface area contributed by atoms with E-state index in [1.165, 1.54) is 51.5 Å². The third-order valence-electron chi connectivity index (χ3n) is 9.06. The van der Waals surface area contributed by atoms with Crippen LogP contribution in [0, 0.1) is 0 Å². The molecule has 0 radical (unpaired) electrons. The van der Waals surface area contributed by atoms with Crippen molar-refractivity contribution in [2.24, 2.45) is 0 Å². The highest BCUT2D eigenvalue weighted by atomic mass is 16.7. The molecule has 2 aliphatic heterocycles. The Kier molecular flexibility index (Phi) is 16.4. The average Bonchev–Trinajstić information content (AvgIpc) is 3.18.